The Balaban J connectivity index is 1.90. The van der Waals surface area contributed by atoms with Gasteiger partial charge >= 0.3 is 0 Å². The largest absolute Gasteiger partial charge is 0.398 e. The van der Waals surface area contributed by atoms with E-state index < -0.39 is 0 Å². The molecule has 0 radical (unpaired) electrons. The fourth-order valence-corrected chi connectivity index (χ4v) is 2.81. The van der Waals surface area contributed by atoms with Crippen molar-refractivity contribution in [1.29, 1.82) is 0 Å². The summed E-state index contributed by atoms with van der Waals surface area (Å²) in [5.74, 6) is 1.02. The standard InChI is InChI=1S/C13H13BrN2S/c14-11-1-2-13(12(15)9-11)17-8-5-10-3-6-16-7-4-10/h1-4,6-7,9H,5,8,15H2. The van der Waals surface area contributed by atoms with Crippen LogP contribution in [0.2, 0.25) is 0 Å². The number of nitrogens with zero attached hydrogens (tertiary/aromatic N) is 1. The Morgan fingerprint density at radius 1 is 1.18 bits per heavy atom. The Morgan fingerprint density at radius 3 is 2.65 bits per heavy atom. The Hall–Kier alpha value is -1.00. The van der Waals surface area contributed by atoms with Crippen LogP contribution in [0.1, 0.15) is 5.56 Å². The van der Waals surface area contributed by atoms with Crippen LogP contribution in [0.3, 0.4) is 0 Å². The third kappa shape index (κ3) is 3.75. The van der Waals surface area contributed by atoms with E-state index in [1.165, 1.54) is 5.56 Å². The number of aryl methyl sites for hydroxylation is 1. The molecular weight excluding hydrogens is 296 g/mol. The summed E-state index contributed by atoms with van der Waals surface area (Å²) < 4.78 is 1.02. The van der Waals surface area contributed by atoms with Gasteiger partial charge in [-0.15, -0.1) is 11.8 Å². The second kappa shape index (κ2) is 6.07. The highest BCUT2D eigenvalue weighted by atomic mass is 79.9. The van der Waals surface area contributed by atoms with E-state index >= 15 is 0 Å². The van der Waals surface area contributed by atoms with Crippen molar-refractivity contribution in [3.8, 4) is 0 Å². The van der Waals surface area contributed by atoms with Gasteiger partial charge in [0, 0.05) is 33.2 Å². The van der Waals surface area contributed by atoms with Gasteiger partial charge in [0.25, 0.3) is 0 Å². The zero-order valence-electron chi connectivity index (χ0n) is 9.27. The molecule has 0 bridgehead atoms. The van der Waals surface area contributed by atoms with Crippen molar-refractivity contribution in [2.75, 3.05) is 11.5 Å². The minimum Gasteiger partial charge on any atom is -0.398 e. The number of hydrogen-bond acceptors (Lipinski definition) is 3. The monoisotopic (exact) mass is 308 g/mol. The van der Waals surface area contributed by atoms with E-state index in [1.807, 2.05) is 36.7 Å². The Bertz CT molecular complexity index is 488. The van der Waals surface area contributed by atoms with Gasteiger partial charge in [-0.05, 0) is 42.3 Å². The molecule has 1 aromatic heterocycles. The molecular formula is C13H13BrN2S. The number of halogens is 1. The Labute approximate surface area is 114 Å². The van der Waals surface area contributed by atoms with Crippen LogP contribution in [0.25, 0.3) is 0 Å². The summed E-state index contributed by atoms with van der Waals surface area (Å²) in [5, 5.41) is 0. The van der Waals surface area contributed by atoms with E-state index in [2.05, 4.69) is 27.0 Å². The minimum absolute atomic E-state index is 0.833. The lowest BCUT2D eigenvalue weighted by Gasteiger charge is -2.05. The molecule has 0 fully saturated rings. The highest BCUT2D eigenvalue weighted by Gasteiger charge is 2.01. The van der Waals surface area contributed by atoms with Crippen LogP contribution in [-0.4, -0.2) is 10.7 Å². The van der Waals surface area contributed by atoms with E-state index in [-0.39, 0.29) is 0 Å². The summed E-state index contributed by atoms with van der Waals surface area (Å²) in [6.45, 7) is 0. The number of hydrogen-bond donors (Lipinski definition) is 1. The number of nitrogens with two attached hydrogens (primary N) is 1. The molecule has 0 aliphatic rings. The number of anilines is 1. The van der Waals surface area contributed by atoms with Gasteiger partial charge in [-0.25, -0.2) is 0 Å². The molecule has 2 rings (SSSR count). The van der Waals surface area contributed by atoms with Crippen LogP contribution in [0, 0.1) is 0 Å². The first kappa shape index (κ1) is 12.5. The van der Waals surface area contributed by atoms with Crippen molar-refractivity contribution in [3.63, 3.8) is 0 Å². The van der Waals surface area contributed by atoms with Gasteiger partial charge in [0.15, 0.2) is 0 Å². The second-order valence-corrected chi connectivity index (χ2v) is 5.69. The molecule has 0 spiro atoms. The molecule has 0 saturated carbocycles. The van der Waals surface area contributed by atoms with Crippen LogP contribution in [0.5, 0.6) is 0 Å². The molecule has 0 aliphatic carbocycles. The lowest BCUT2D eigenvalue weighted by Crippen LogP contribution is -1.92. The normalized spacial score (nSPS) is 10.4. The first-order valence-corrected chi connectivity index (χ1v) is 7.10. The van der Waals surface area contributed by atoms with E-state index in [4.69, 9.17) is 5.73 Å². The predicted octanol–water partition coefficient (Wildman–Crippen LogP) is 3.76. The Kier molecular flexibility index (Phi) is 4.45. The SMILES string of the molecule is Nc1cc(Br)ccc1SCCc1ccncc1. The summed E-state index contributed by atoms with van der Waals surface area (Å²) in [6, 6.07) is 10.1. The molecule has 1 aromatic carbocycles. The number of pyridine rings is 1. The predicted molar refractivity (Wildman–Crippen MR) is 77.2 cm³/mol. The topological polar surface area (TPSA) is 38.9 Å². The molecule has 1 heterocycles. The van der Waals surface area contributed by atoms with Crippen LogP contribution in [-0.2, 0) is 6.42 Å². The molecule has 2 aromatic rings. The summed E-state index contributed by atoms with van der Waals surface area (Å²) in [7, 11) is 0. The van der Waals surface area contributed by atoms with Gasteiger partial charge in [0.2, 0.25) is 0 Å². The number of rotatable bonds is 4. The molecule has 88 valence electrons. The number of aromatic nitrogens is 1. The van der Waals surface area contributed by atoms with Crippen LogP contribution < -0.4 is 5.73 Å². The fourth-order valence-electron chi connectivity index (χ4n) is 1.48. The van der Waals surface area contributed by atoms with E-state index in [0.29, 0.717) is 0 Å². The summed E-state index contributed by atoms with van der Waals surface area (Å²) in [4.78, 5) is 5.14. The molecule has 0 aliphatic heterocycles. The van der Waals surface area contributed by atoms with Gasteiger partial charge in [-0.1, -0.05) is 15.9 Å². The lowest BCUT2D eigenvalue weighted by molar-refractivity contribution is 1.13. The number of thioether (sulfide) groups is 1. The Morgan fingerprint density at radius 2 is 1.94 bits per heavy atom. The van der Waals surface area contributed by atoms with Crippen molar-refractivity contribution >= 4 is 33.4 Å². The maximum absolute atomic E-state index is 5.94. The van der Waals surface area contributed by atoms with Crippen molar-refractivity contribution < 1.29 is 0 Å². The first-order valence-electron chi connectivity index (χ1n) is 5.32. The molecule has 2 nitrogen and oxygen atoms in total. The molecule has 0 saturated heterocycles. The van der Waals surface area contributed by atoms with E-state index in [1.54, 1.807) is 11.8 Å². The molecule has 17 heavy (non-hydrogen) atoms. The smallest absolute Gasteiger partial charge is 0.0463 e. The minimum atomic E-state index is 0.833. The van der Waals surface area contributed by atoms with Crippen LogP contribution in [0.4, 0.5) is 5.69 Å². The van der Waals surface area contributed by atoms with Crippen molar-refractivity contribution in [3.05, 3.63) is 52.8 Å². The zero-order chi connectivity index (χ0) is 12.1. The second-order valence-electron chi connectivity index (χ2n) is 3.64. The molecule has 0 unspecified atom stereocenters. The summed E-state index contributed by atoms with van der Waals surface area (Å²) in [5.41, 5.74) is 8.08. The number of nitrogen functional groups attached to an aromatic ring is 1. The zero-order valence-corrected chi connectivity index (χ0v) is 11.7. The van der Waals surface area contributed by atoms with Crippen molar-refractivity contribution in [2.45, 2.75) is 11.3 Å². The highest BCUT2D eigenvalue weighted by Crippen LogP contribution is 2.28. The summed E-state index contributed by atoms with van der Waals surface area (Å²) >= 11 is 5.19. The quantitative estimate of drug-likeness (QED) is 0.690. The first-order chi connectivity index (χ1) is 8.25. The average Bonchev–Trinajstić information content (AvgIpc) is 2.33. The highest BCUT2D eigenvalue weighted by molar-refractivity contribution is 9.10. The number of benzene rings is 1. The molecule has 2 N–H and O–H groups in total. The summed E-state index contributed by atoms with van der Waals surface area (Å²) in [6.07, 6.45) is 4.69. The van der Waals surface area contributed by atoms with Gasteiger partial charge in [0.1, 0.15) is 0 Å². The van der Waals surface area contributed by atoms with Crippen LogP contribution >= 0.6 is 27.7 Å². The molecule has 4 heteroatoms. The average molecular weight is 309 g/mol. The maximum atomic E-state index is 5.94. The van der Waals surface area contributed by atoms with E-state index in [0.717, 1.165) is 27.2 Å². The van der Waals surface area contributed by atoms with Crippen molar-refractivity contribution in [1.82, 2.24) is 4.98 Å². The molecule has 0 amide bonds. The van der Waals surface area contributed by atoms with Gasteiger partial charge in [-0.2, -0.15) is 0 Å². The fraction of sp³-hybridized carbons (Fsp3) is 0.154. The lowest BCUT2D eigenvalue weighted by atomic mass is 10.2. The van der Waals surface area contributed by atoms with E-state index in [9.17, 15) is 0 Å². The van der Waals surface area contributed by atoms with Crippen molar-refractivity contribution in [2.24, 2.45) is 0 Å². The maximum Gasteiger partial charge on any atom is 0.0463 e. The van der Waals surface area contributed by atoms with Gasteiger partial charge in [-0.3, -0.25) is 4.98 Å². The van der Waals surface area contributed by atoms with Gasteiger partial charge in [0.05, 0.1) is 0 Å². The van der Waals surface area contributed by atoms with Gasteiger partial charge < -0.3 is 5.73 Å². The third-order valence-corrected chi connectivity index (χ3v) is 3.95. The van der Waals surface area contributed by atoms with Crippen LogP contribution in [0.15, 0.2) is 52.1 Å². The third-order valence-electron chi connectivity index (χ3n) is 2.37. The molecule has 0 atom stereocenters.